The molecule has 0 saturated heterocycles. The van der Waals surface area contributed by atoms with Crippen LogP contribution in [-0.4, -0.2) is 39.0 Å². The number of aromatic nitrogens is 3. The summed E-state index contributed by atoms with van der Waals surface area (Å²) in [6.07, 6.45) is 1.71. The van der Waals surface area contributed by atoms with E-state index in [1.165, 1.54) is 11.8 Å². The van der Waals surface area contributed by atoms with E-state index in [1.807, 2.05) is 4.57 Å². The van der Waals surface area contributed by atoms with Crippen LogP contribution in [0.2, 0.25) is 10.0 Å². The van der Waals surface area contributed by atoms with E-state index >= 15 is 0 Å². The number of hydrogen-bond acceptors (Lipinski definition) is 6. The lowest BCUT2D eigenvalue weighted by atomic mass is 10.2. The maximum atomic E-state index is 12.4. The number of esters is 1. The molecular weight excluding hydrogens is 471 g/mol. The standard InChI is InChI=1S/C22H20Cl2N4O3S/c1-3-11-28-20(17-10-7-15(23)12-18(17)24)26-27-22(28)32-13-19(29)25-16-8-5-14(6-9-16)21(30)31-4-2/h3,5-10,12H,1,4,11,13H2,2H3,(H,25,29). The molecular formula is C22H20Cl2N4O3S. The molecule has 3 aromatic rings. The van der Waals surface area contributed by atoms with Crippen molar-refractivity contribution in [3.05, 3.63) is 70.7 Å². The SMILES string of the molecule is C=CCn1c(SCC(=O)Nc2ccc(C(=O)OCC)cc2)nnc1-c1ccc(Cl)cc1Cl. The number of allylic oxidation sites excluding steroid dienone is 1. The molecule has 0 saturated carbocycles. The molecule has 2 aromatic carbocycles. The fourth-order valence-corrected chi connectivity index (χ4v) is 4.03. The molecule has 1 amide bonds. The van der Waals surface area contributed by atoms with Crippen LogP contribution < -0.4 is 5.32 Å². The molecule has 3 rings (SSSR count). The summed E-state index contributed by atoms with van der Waals surface area (Å²) in [5.74, 6) is 0.0460. The van der Waals surface area contributed by atoms with E-state index in [1.54, 1.807) is 55.5 Å². The average Bonchev–Trinajstić information content (AvgIpc) is 3.15. The smallest absolute Gasteiger partial charge is 0.338 e. The maximum Gasteiger partial charge on any atom is 0.338 e. The number of carbonyl (C=O) groups is 2. The Hall–Kier alpha value is -2.81. The Morgan fingerprint density at radius 2 is 1.94 bits per heavy atom. The second kappa shape index (κ2) is 11.2. The predicted molar refractivity (Wildman–Crippen MR) is 127 cm³/mol. The number of ether oxygens (including phenoxy) is 1. The summed E-state index contributed by atoms with van der Waals surface area (Å²) in [7, 11) is 0. The lowest BCUT2D eigenvalue weighted by molar-refractivity contribution is -0.113. The molecule has 0 radical (unpaired) electrons. The number of halogens is 2. The number of carbonyl (C=O) groups excluding carboxylic acids is 2. The Bertz CT molecular complexity index is 1130. The molecule has 0 aliphatic heterocycles. The molecule has 0 unspecified atom stereocenters. The molecule has 1 heterocycles. The van der Waals surface area contributed by atoms with Crippen LogP contribution in [0.5, 0.6) is 0 Å². The molecule has 10 heteroatoms. The summed E-state index contributed by atoms with van der Waals surface area (Å²) < 4.78 is 6.78. The molecule has 0 aliphatic rings. The summed E-state index contributed by atoms with van der Waals surface area (Å²) in [5.41, 5.74) is 1.68. The molecule has 1 aromatic heterocycles. The van der Waals surface area contributed by atoms with Gasteiger partial charge in [-0.2, -0.15) is 0 Å². The summed E-state index contributed by atoms with van der Waals surface area (Å²) in [6, 6.07) is 11.6. The zero-order chi connectivity index (χ0) is 23.1. The minimum Gasteiger partial charge on any atom is -0.462 e. The van der Waals surface area contributed by atoms with Crippen molar-refractivity contribution < 1.29 is 14.3 Å². The number of nitrogens with zero attached hydrogens (tertiary/aromatic N) is 3. The molecule has 0 spiro atoms. The number of amides is 1. The van der Waals surface area contributed by atoms with E-state index in [0.717, 1.165) is 0 Å². The molecule has 0 atom stereocenters. The Morgan fingerprint density at radius 1 is 1.19 bits per heavy atom. The highest BCUT2D eigenvalue weighted by atomic mass is 35.5. The lowest BCUT2D eigenvalue weighted by Gasteiger charge is -2.09. The van der Waals surface area contributed by atoms with Crippen LogP contribution in [0.4, 0.5) is 5.69 Å². The fourth-order valence-electron chi connectivity index (χ4n) is 2.79. The van der Waals surface area contributed by atoms with E-state index in [-0.39, 0.29) is 11.7 Å². The lowest BCUT2D eigenvalue weighted by Crippen LogP contribution is -2.15. The monoisotopic (exact) mass is 490 g/mol. The number of nitrogens with one attached hydrogen (secondary N) is 1. The molecule has 166 valence electrons. The van der Waals surface area contributed by atoms with Gasteiger partial charge in [0, 0.05) is 22.8 Å². The van der Waals surface area contributed by atoms with Gasteiger partial charge < -0.3 is 10.1 Å². The Labute approximate surface area is 199 Å². The van der Waals surface area contributed by atoms with Gasteiger partial charge in [0.15, 0.2) is 11.0 Å². The number of benzene rings is 2. The van der Waals surface area contributed by atoms with E-state index in [4.69, 9.17) is 27.9 Å². The van der Waals surface area contributed by atoms with Crippen LogP contribution in [0.3, 0.4) is 0 Å². The van der Waals surface area contributed by atoms with Gasteiger partial charge in [0.1, 0.15) is 0 Å². The minimum absolute atomic E-state index is 0.114. The number of anilines is 1. The van der Waals surface area contributed by atoms with Crippen LogP contribution in [0.15, 0.2) is 60.3 Å². The van der Waals surface area contributed by atoms with Crippen LogP contribution in [0.1, 0.15) is 17.3 Å². The average molecular weight is 491 g/mol. The first-order valence-electron chi connectivity index (χ1n) is 9.62. The second-order valence-corrected chi connectivity index (χ2v) is 8.25. The minimum atomic E-state index is -0.404. The maximum absolute atomic E-state index is 12.4. The first-order valence-corrected chi connectivity index (χ1v) is 11.4. The van der Waals surface area contributed by atoms with Gasteiger partial charge in [-0.1, -0.05) is 41.0 Å². The summed E-state index contributed by atoms with van der Waals surface area (Å²) in [5, 5.41) is 12.8. The quantitative estimate of drug-likeness (QED) is 0.247. The Balaban J connectivity index is 1.67. The van der Waals surface area contributed by atoms with Crippen molar-refractivity contribution in [1.82, 2.24) is 14.8 Å². The predicted octanol–water partition coefficient (Wildman–Crippen LogP) is 5.35. The zero-order valence-electron chi connectivity index (χ0n) is 17.2. The van der Waals surface area contributed by atoms with Crippen molar-refractivity contribution in [2.24, 2.45) is 0 Å². The molecule has 0 aliphatic carbocycles. The normalized spacial score (nSPS) is 10.6. The number of rotatable bonds is 9. The van der Waals surface area contributed by atoms with E-state index < -0.39 is 5.97 Å². The van der Waals surface area contributed by atoms with Gasteiger partial charge in [0.25, 0.3) is 0 Å². The van der Waals surface area contributed by atoms with Crippen molar-refractivity contribution in [3.63, 3.8) is 0 Å². The van der Waals surface area contributed by atoms with Crippen LogP contribution in [0, 0.1) is 0 Å². The van der Waals surface area contributed by atoms with Crippen LogP contribution in [-0.2, 0) is 16.1 Å². The van der Waals surface area contributed by atoms with Crippen LogP contribution >= 0.6 is 35.0 Å². The first kappa shape index (κ1) is 23.8. The van der Waals surface area contributed by atoms with Gasteiger partial charge in [-0.15, -0.1) is 16.8 Å². The number of hydrogen-bond donors (Lipinski definition) is 1. The van der Waals surface area contributed by atoms with E-state index in [2.05, 4.69) is 22.1 Å². The third-order valence-corrected chi connectivity index (χ3v) is 5.73. The van der Waals surface area contributed by atoms with Gasteiger partial charge in [0.2, 0.25) is 5.91 Å². The largest absolute Gasteiger partial charge is 0.462 e. The molecule has 1 N–H and O–H groups in total. The molecule has 0 bridgehead atoms. The highest BCUT2D eigenvalue weighted by Crippen LogP contribution is 2.31. The van der Waals surface area contributed by atoms with Gasteiger partial charge in [0.05, 0.1) is 22.9 Å². The van der Waals surface area contributed by atoms with E-state index in [0.29, 0.717) is 51.0 Å². The Kier molecular flexibility index (Phi) is 8.33. The topological polar surface area (TPSA) is 86.1 Å². The zero-order valence-corrected chi connectivity index (χ0v) is 19.5. The van der Waals surface area contributed by atoms with Crippen molar-refractivity contribution in [1.29, 1.82) is 0 Å². The highest BCUT2D eigenvalue weighted by Gasteiger charge is 2.17. The molecule has 32 heavy (non-hydrogen) atoms. The Morgan fingerprint density at radius 3 is 2.59 bits per heavy atom. The van der Waals surface area contributed by atoms with Crippen molar-refractivity contribution >= 4 is 52.5 Å². The second-order valence-electron chi connectivity index (χ2n) is 6.46. The van der Waals surface area contributed by atoms with Gasteiger partial charge >= 0.3 is 5.97 Å². The van der Waals surface area contributed by atoms with Gasteiger partial charge in [-0.25, -0.2) is 4.79 Å². The molecule has 0 fully saturated rings. The van der Waals surface area contributed by atoms with Gasteiger partial charge in [-0.05, 0) is 49.4 Å². The first-order chi connectivity index (χ1) is 15.4. The van der Waals surface area contributed by atoms with Crippen molar-refractivity contribution in [2.45, 2.75) is 18.6 Å². The fraction of sp³-hybridized carbons (Fsp3) is 0.182. The third kappa shape index (κ3) is 5.91. The third-order valence-electron chi connectivity index (χ3n) is 4.21. The molecule has 7 nitrogen and oxygen atoms in total. The van der Waals surface area contributed by atoms with Gasteiger partial charge in [-0.3, -0.25) is 9.36 Å². The summed E-state index contributed by atoms with van der Waals surface area (Å²) >= 11 is 13.5. The number of thioether (sulfide) groups is 1. The summed E-state index contributed by atoms with van der Waals surface area (Å²) in [4.78, 5) is 24.1. The summed E-state index contributed by atoms with van der Waals surface area (Å²) in [6.45, 7) is 6.27. The highest BCUT2D eigenvalue weighted by molar-refractivity contribution is 7.99. The van der Waals surface area contributed by atoms with E-state index in [9.17, 15) is 9.59 Å². The van der Waals surface area contributed by atoms with Crippen molar-refractivity contribution in [3.8, 4) is 11.4 Å². The van der Waals surface area contributed by atoms with Crippen molar-refractivity contribution in [2.75, 3.05) is 17.7 Å². The van der Waals surface area contributed by atoms with Crippen LogP contribution in [0.25, 0.3) is 11.4 Å².